The maximum atomic E-state index is 12.2. The molecule has 0 aliphatic carbocycles. The van der Waals surface area contributed by atoms with E-state index in [1.54, 1.807) is 12.1 Å². The molecule has 0 N–H and O–H groups in total. The minimum Gasteiger partial charge on any atom is -0.166 e. The van der Waals surface area contributed by atoms with Crippen LogP contribution in [0.5, 0.6) is 0 Å². The molecular formula is C13H19F3. The van der Waals surface area contributed by atoms with Gasteiger partial charge in [-0.1, -0.05) is 39.3 Å². The fourth-order valence-electron chi connectivity index (χ4n) is 1.24. The Bertz CT molecular complexity index is 272. The molecule has 0 atom stereocenters. The SMILES string of the molecule is CC.CCCCc1ccc(C(F)(F)F)cc1. The van der Waals surface area contributed by atoms with Crippen LogP contribution in [-0.4, -0.2) is 0 Å². The molecule has 1 aromatic rings. The summed E-state index contributed by atoms with van der Waals surface area (Å²) in [5.74, 6) is 0. The van der Waals surface area contributed by atoms with Gasteiger partial charge in [-0.25, -0.2) is 0 Å². The van der Waals surface area contributed by atoms with Crippen LogP contribution in [-0.2, 0) is 12.6 Å². The number of aryl methyl sites for hydroxylation is 1. The van der Waals surface area contributed by atoms with E-state index in [0.717, 1.165) is 37.0 Å². The largest absolute Gasteiger partial charge is 0.416 e. The van der Waals surface area contributed by atoms with Crippen LogP contribution in [0.3, 0.4) is 0 Å². The summed E-state index contributed by atoms with van der Waals surface area (Å²) in [6, 6.07) is 5.40. The number of unbranched alkanes of at least 4 members (excludes halogenated alkanes) is 1. The summed E-state index contributed by atoms with van der Waals surface area (Å²) in [6.45, 7) is 6.06. The van der Waals surface area contributed by atoms with Crippen molar-refractivity contribution in [3.05, 3.63) is 35.4 Å². The molecule has 16 heavy (non-hydrogen) atoms. The monoisotopic (exact) mass is 232 g/mol. The van der Waals surface area contributed by atoms with Crippen molar-refractivity contribution in [3.63, 3.8) is 0 Å². The Morgan fingerprint density at radius 3 is 1.88 bits per heavy atom. The second kappa shape index (κ2) is 7.31. The zero-order valence-electron chi connectivity index (χ0n) is 10.1. The van der Waals surface area contributed by atoms with Gasteiger partial charge in [0, 0.05) is 0 Å². The van der Waals surface area contributed by atoms with Crippen molar-refractivity contribution >= 4 is 0 Å². The first-order chi connectivity index (χ1) is 7.54. The molecule has 0 fully saturated rings. The van der Waals surface area contributed by atoms with E-state index in [-0.39, 0.29) is 0 Å². The molecule has 0 aliphatic rings. The van der Waals surface area contributed by atoms with Crippen molar-refractivity contribution in [2.45, 2.75) is 46.2 Å². The predicted octanol–water partition coefficient (Wildman–Crippen LogP) is 5.07. The minimum atomic E-state index is -4.22. The first-order valence-electron chi connectivity index (χ1n) is 5.70. The van der Waals surface area contributed by atoms with Gasteiger partial charge in [0.1, 0.15) is 0 Å². The van der Waals surface area contributed by atoms with E-state index >= 15 is 0 Å². The summed E-state index contributed by atoms with van der Waals surface area (Å²) >= 11 is 0. The Balaban J connectivity index is 0.00000106. The van der Waals surface area contributed by atoms with Gasteiger partial charge in [-0.05, 0) is 30.5 Å². The summed E-state index contributed by atoms with van der Waals surface area (Å²) in [6.07, 6.45) is -1.29. The Hall–Kier alpha value is -0.990. The van der Waals surface area contributed by atoms with E-state index in [1.807, 2.05) is 13.8 Å². The number of hydrogen-bond acceptors (Lipinski definition) is 0. The Labute approximate surface area is 95.5 Å². The van der Waals surface area contributed by atoms with E-state index in [0.29, 0.717) is 0 Å². The summed E-state index contributed by atoms with van der Waals surface area (Å²) < 4.78 is 36.5. The van der Waals surface area contributed by atoms with Gasteiger partial charge in [-0.2, -0.15) is 13.2 Å². The van der Waals surface area contributed by atoms with Crippen LogP contribution in [0.1, 0.15) is 44.7 Å². The third-order valence-electron chi connectivity index (χ3n) is 2.10. The first kappa shape index (κ1) is 15.0. The van der Waals surface area contributed by atoms with Crippen molar-refractivity contribution in [3.8, 4) is 0 Å². The van der Waals surface area contributed by atoms with Crippen LogP contribution in [0, 0.1) is 0 Å². The quantitative estimate of drug-likeness (QED) is 0.682. The maximum Gasteiger partial charge on any atom is 0.416 e. The highest BCUT2D eigenvalue weighted by atomic mass is 19.4. The molecule has 0 bridgehead atoms. The lowest BCUT2D eigenvalue weighted by Gasteiger charge is -2.07. The fourth-order valence-corrected chi connectivity index (χ4v) is 1.24. The molecular weight excluding hydrogens is 213 g/mol. The van der Waals surface area contributed by atoms with Gasteiger partial charge in [-0.15, -0.1) is 0 Å². The normalized spacial score (nSPS) is 10.6. The van der Waals surface area contributed by atoms with Crippen LogP contribution in [0.4, 0.5) is 13.2 Å². The third-order valence-corrected chi connectivity index (χ3v) is 2.10. The second-order valence-corrected chi connectivity index (χ2v) is 3.30. The van der Waals surface area contributed by atoms with Crippen molar-refractivity contribution in [1.29, 1.82) is 0 Å². The van der Waals surface area contributed by atoms with E-state index in [1.165, 1.54) is 0 Å². The highest BCUT2D eigenvalue weighted by Gasteiger charge is 2.29. The molecule has 0 saturated carbocycles. The van der Waals surface area contributed by atoms with Gasteiger partial charge in [-0.3, -0.25) is 0 Å². The van der Waals surface area contributed by atoms with Gasteiger partial charge in [0.2, 0.25) is 0 Å². The Morgan fingerprint density at radius 1 is 1.00 bits per heavy atom. The van der Waals surface area contributed by atoms with Crippen LogP contribution >= 0.6 is 0 Å². The molecule has 0 spiro atoms. The predicted molar refractivity (Wildman–Crippen MR) is 61.4 cm³/mol. The summed E-state index contributed by atoms with van der Waals surface area (Å²) in [7, 11) is 0. The molecule has 0 unspecified atom stereocenters. The highest BCUT2D eigenvalue weighted by molar-refractivity contribution is 5.24. The first-order valence-corrected chi connectivity index (χ1v) is 5.70. The highest BCUT2D eigenvalue weighted by Crippen LogP contribution is 2.29. The van der Waals surface area contributed by atoms with E-state index in [2.05, 4.69) is 6.92 Å². The molecule has 0 aliphatic heterocycles. The lowest BCUT2D eigenvalue weighted by Crippen LogP contribution is -2.04. The second-order valence-electron chi connectivity index (χ2n) is 3.30. The number of hydrogen-bond donors (Lipinski definition) is 0. The van der Waals surface area contributed by atoms with Crippen molar-refractivity contribution in [2.75, 3.05) is 0 Å². The van der Waals surface area contributed by atoms with Gasteiger partial charge < -0.3 is 0 Å². The average Bonchev–Trinajstić information content (AvgIpc) is 2.28. The Kier molecular flexibility index (Phi) is 6.86. The average molecular weight is 232 g/mol. The summed E-state index contributed by atoms with van der Waals surface area (Å²) in [4.78, 5) is 0. The number of benzene rings is 1. The zero-order valence-corrected chi connectivity index (χ0v) is 10.1. The lowest BCUT2D eigenvalue weighted by molar-refractivity contribution is -0.137. The third kappa shape index (κ3) is 5.19. The molecule has 0 nitrogen and oxygen atoms in total. The van der Waals surface area contributed by atoms with Crippen molar-refractivity contribution in [2.24, 2.45) is 0 Å². The number of halogens is 3. The summed E-state index contributed by atoms with van der Waals surface area (Å²) in [5.41, 5.74) is 0.401. The molecule has 0 saturated heterocycles. The van der Waals surface area contributed by atoms with E-state index in [9.17, 15) is 13.2 Å². The molecule has 0 aromatic heterocycles. The van der Waals surface area contributed by atoms with Crippen molar-refractivity contribution < 1.29 is 13.2 Å². The van der Waals surface area contributed by atoms with Crippen LogP contribution in [0.2, 0.25) is 0 Å². The molecule has 1 rings (SSSR count). The number of alkyl halides is 3. The molecule has 0 radical (unpaired) electrons. The zero-order chi connectivity index (χ0) is 12.6. The van der Waals surface area contributed by atoms with Gasteiger partial charge >= 0.3 is 6.18 Å². The standard InChI is InChI=1S/C11H13F3.C2H6/c1-2-3-4-9-5-7-10(8-6-9)11(12,13)14;1-2/h5-8H,2-4H2,1H3;1-2H3. The smallest absolute Gasteiger partial charge is 0.166 e. The molecule has 0 heterocycles. The van der Waals surface area contributed by atoms with Crippen LogP contribution in [0.15, 0.2) is 24.3 Å². The Morgan fingerprint density at radius 2 is 1.50 bits per heavy atom. The molecule has 0 amide bonds. The van der Waals surface area contributed by atoms with Gasteiger partial charge in [0.25, 0.3) is 0 Å². The summed E-state index contributed by atoms with van der Waals surface area (Å²) in [5, 5.41) is 0. The number of rotatable bonds is 3. The van der Waals surface area contributed by atoms with Gasteiger partial charge in [0.15, 0.2) is 0 Å². The van der Waals surface area contributed by atoms with Gasteiger partial charge in [0.05, 0.1) is 5.56 Å². The fraction of sp³-hybridized carbons (Fsp3) is 0.538. The van der Waals surface area contributed by atoms with Crippen LogP contribution in [0.25, 0.3) is 0 Å². The molecule has 92 valence electrons. The minimum absolute atomic E-state index is 0.572. The molecule has 1 aromatic carbocycles. The molecule has 3 heteroatoms. The van der Waals surface area contributed by atoms with Crippen LogP contribution < -0.4 is 0 Å². The van der Waals surface area contributed by atoms with E-state index < -0.39 is 11.7 Å². The van der Waals surface area contributed by atoms with E-state index in [4.69, 9.17) is 0 Å². The maximum absolute atomic E-state index is 12.2. The van der Waals surface area contributed by atoms with Crippen molar-refractivity contribution in [1.82, 2.24) is 0 Å². The topological polar surface area (TPSA) is 0 Å². The lowest BCUT2D eigenvalue weighted by atomic mass is 10.1.